The highest BCUT2D eigenvalue weighted by Gasteiger charge is 2.29. The summed E-state index contributed by atoms with van der Waals surface area (Å²) < 4.78 is 32.5. The Morgan fingerprint density at radius 1 is 1.30 bits per heavy atom. The van der Waals surface area contributed by atoms with Crippen molar-refractivity contribution in [1.82, 2.24) is 5.32 Å². The second-order valence-corrected chi connectivity index (χ2v) is 7.74. The predicted molar refractivity (Wildman–Crippen MR) is 83.1 cm³/mol. The molecule has 1 aliphatic heterocycles. The quantitative estimate of drug-likeness (QED) is 0.743. The first-order valence-electron chi connectivity index (χ1n) is 6.88. The lowest BCUT2D eigenvalue weighted by Gasteiger charge is -2.11. The number of amides is 1. The SMILES string of the molecule is O=C(COC(=O)COc1cccc(Cl)c1)N[C@@H]1CCS(=O)(=O)C1. The largest absolute Gasteiger partial charge is 0.482 e. The third-order valence-corrected chi connectivity index (χ3v) is 5.12. The van der Waals surface area contributed by atoms with E-state index in [1.54, 1.807) is 24.3 Å². The molecule has 1 N–H and O–H groups in total. The van der Waals surface area contributed by atoms with Gasteiger partial charge in [-0.25, -0.2) is 13.2 Å². The number of sulfone groups is 1. The van der Waals surface area contributed by atoms with E-state index in [1.807, 2.05) is 0 Å². The zero-order valence-electron chi connectivity index (χ0n) is 12.2. The molecule has 0 aliphatic carbocycles. The van der Waals surface area contributed by atoms with Crippen molar-refractivity contribution < 1.29 is 27.5 Å². The van der Waals surface area contributed by atoms with Gasteiger partial charge in [0.1, 0.15) is 5.75 Å². The smallest absolute Gasteiger partial charge is 0.344 e. The van der Waals surface area contributed by atoms with E-state index in [4.69, 9.17) is 21.1 Å². The van der Waals surface area contributed by atoms with E-state index < -0.39 is 34.4 Å². The van der Waals surface area contributed by atoms with Gasteiger partial charge in [0.15, 0.2) is 23.1 Å². The van der Waals surface area contributed by atoms with E-state index in [0.717, 1.165) is 0 Å². The van der Waals surface area contributed by atoms with Crippen LogP contribution in [-0.2, 0) is 24.2 Å². The third kappa shape index (κ3) is 6.07. The number of esters is 1. The molecule has 1 aromatic rings. The number of ether oxygens (including phenoxy) is 2. The van der Waals surface area contributed by atoms with Gasteiger partial charge >= 0.3 is 5.97 Å². The minimum absolute atomic E-state index is 0.0607. The van der Waals surface area contributed by atoms with Crippen LogP contribution in [0.5, 0.6) is 5.75 Å². The maximum atomic E-state index is 11.6. The maximum Gasteiger partial charge on any atom is 0.344 e. The topological polar surface area (TPSA) is 98.8 Å². The van der Waals surface area contributed by atoms with Gasteiger partial charge in [0.25, 0.3) is 5.91 Å². The third-order valence-electron chi connectivity index (χ3n) is 3.11. The molecule has 1 fully saturated rings. The molecule has 0 bridgehead atoms. The van der Waals surface area contributed by atoms with Crippen LogP contribution in [0.15, 0.2) is 24.3 Å². The van der Waals surface area contributed by atoms with Gasteiger partial charge in [-0.3, -0.25) is 4.79 Å². The Balaban J connectivity index is 1.67. The van der Waals surface area contributed by atoms with Crippen molar-refractivity contribution in [3.63, 3.8) is 0 Å². The van der Waals surface area contributed by atoms with Crippen LogP contribution in [0.3, 0.4) is 0 Å². The first-order chi connectivity index (χ1) is 10.8. The highest BCUT2D eigenvalue weighted by atomic mass is 35.5. The molecule has 1 atom stereocenters. The monoisotopic (exact) mass is 361 g/mol. The minimum atomic E-state index is -3.07. The first-order valence-corrected chi connectivity index (χ1v) is 9.08. The van der Waals surface area contributed by atoms with E-state index in [0.29, 0.717) is 17.2 Å². The van der Waals surface area contributed by atoms with Crippen molar-refractivity contribution in [1.29, 1.82) is 0 Å². The van der Waals surface area contributed by atoms with Crippen molar-refractivity contribution in [2.45, 2.75) is 12.5 Å². The predicted octanol–water partition coefficient (Wildman–Crippen LogP) is 0.565. The van der Waals surface area contributed by atoms with Crippen LogP contribution in [0.1, 0.15) is 6.42 Å². The van der Waals surface area contributed by atoms with Crippen molar-refractivity contribution >= 4 is 33.3 Å². The molecule has 0 saturated carbocycles. The minimum Gasteiger partial charge on any atom is -0.482 e. The lowest BCUT2D eigenvalue weighted by Crippen LogP contribution is -2.38. The number of nitrogens with one attached hydrogen (secondary N) is 1. The van der Waals surface area contributed by atoms with Gasteiger partial charge in [0.2, 0.25) is 0 Å². The van der Waals surface area contributed by atoms with Gasteiger partial charge in [-0.1, -0.05) is 17.7 Å². The Morgan fingerprint density at radius 2 is 2.09 bits per heavy atom. The molecule has 0 radical (unpaired) electrons. The second-order valence-electron chi connectivity index (χ2n) is 5.07. The van der Waals surface area contributed by atoms with Gasteiger partial charge in [-0.05, 0) is 24.6 Å². The maximum absolute atomic E-state index is 11.6. The summed E-state index contributed by atoms with van der Waals surface area (Å²) in [5.41, 5.74) is 0. The zero-order chi connectivity index (χ0) is 16.9. The lowest BCUT2D eigenvalue weighted by molar-refractivity contribution is -0.150. The van der Waals surface area contributed by atoms with E-state index >= 15 is 0 Å². The molecule has 1 amide bonds. The summed E-state index contributed by atoms with van der Waals surface area (Å²) in [5, 5.41) is 2.99. The normalized spacial score (nSPS) is 19.1. The molecule has 0 aromatic heterocycles. The molecule has 0 unspecified atom stereocenters. The van der Waals surface area contributed by atoms with Crippen molar-refractivity contribution in [2.24, 2.45) is 0 Å². The van der Waals surface area contributed by atoms with Crippen LogP contribution in [0.25, 0.3) is 0 Å². The number of halogens is 1. The van der Waals surface area contributed by atoms with Gasteiger partial charge < -0.3 is 14.8 Å². The average Bonchev–Trinajstić information content (AvgIpc) is 2.82. The highest BCUT2D eigenvalue weighted by molar-refractivity contribution is 7.91. The summed E-state index contributed by atoms with van der Waals surface area (Å²) >= 11 is 5.77. The van der Waals surface area contributed by atoms with E-state index in [2.05, 4.69) is 5.32 Å². The van der Waals surface area contributed by atoms with Crippen LogP contribution >= 0.6 is 11.6 Å². The molecule has 1 aromatic carbocycles. The Bertz CT molecular complexity index is 690. The Labute approximate surface area is 138 Å². The Kier molecular flexibility index (Phi) is 5.84. The van der Waals surface area contributed by atoms with E-state index in [9.17, 15) is 18.0 Å². The molecule has 1 heterocycles. The summed E-state index contributed by atoms with van der Waals surface area (Å²) in [6.45, 7) is -0.834. The highest BCUT2D eigenvalue weighted by Crippen LogP contribution is 2.16. The van der Waals surface area contributed by atoms with Crippen LogP contribution in [0, 0.1) is 0 Å². The molecule has 0 spiro atoms. The summed E-state index contributed by atoms with van der Waals surface area (Å²) in [7, 11) is -3.07. The lowest BCUT2D eigenvalue weighted by atomic mass is 10.2. The summed E-state index contributed by atoms with van der Waals surface area (Å²) in [6, 6.07) is 6.09. The van der Waals surface area contributed by atoms with Crippen molar-refractivity contribution in [2.75, 3.05) is 24.7 Å². The van der Waals surface area contributed by atoms with Crippen molar-refractivity contribution in [3.8, 4) is 5.75 Å². The average molecular weight is 362 g/mol. The van der Waals surface area contributed by atoms with Crippen LogP contribution in [0.2, 0.25) is 5.02 Å². The molecule has 23 heavy (non-hydrogen) atoms. The fourth-order valence-corrected chi connectivity index (χ4v) is 3.92. The summed E-state index contributed by atoms with van der Waals surface area (Å²) in [6.07, 6.45) is 0.375. The van der Waals surface area contributed by atoms with Crippen LogP contribution in [-0.4, -0.2) is 51.1 Å². The van der Waals surface area contributed by atoms with Crippen molar-refractivity contribution in [3.05, 3.63) is 29.3 Å². The molecule has 1 saturated heterocycles. The molecule has 1 aliphatic rings. The number of carbonyl (C=O) groups is 2. The number of benzene rings is 1. The standard InChI is InChI=1S/C14H16ClNO6S/c15-10-2-1-3-12(6-10)21-8-14(18)22-7-13(17)16-11-4-5-23(19,20)9-11/h1-3,6,11H,4-5,7-9H2,(H,16,17)/t11-/m1/s1. The number of hydrogen-bond acceptors (Lipinski definition) is 6. The Morgan fingerprint density at radius 3 is 2.74 bits per heavy atom. The number of hydrogen-bond donors (Lipinski definition) is 1. The second kappa shape index (κ2) is 7.65. The van der Waals surface area contributed by atoms with Gasteiger partial charge in [0, 0.05) is 11.1 Å². The summed E-state index contributed by atoms with van der Waals surface area (Å²) in [4.78, 5) is 23.1. The summed E-state index contributed by atoms with van der Waals surface area (Å²) in [5.74, 6) is -0.854. The van der Waals surface area contributed by atoms with Gasteiger partial charge in [0.05, 0.1) is 11.5 Å². The zero-order valence-corrected chi connectivity index (χ0v) is 13.7. The van der Waals surface area contributed by atoms with Crippen LogP contribution < -0.4 is 10.1 Å². The molecule has 126 valence electrons. The fourth-order valence-electron chi connectivity index (χ4n) is 2.06. The van der Waals surface area contributed by atoms with Gasteiger partial charge in [-0.2, -0.15) is 0 Å². The van der Waals surface area contributed by atoms with E-state index in [1.165, 1.54) is 0 Å². The first kappa shape index (κ1) is 17.6. The van der Waals surface area contributed by atoms with Gasteiger partial charge in [-0.15, -0.1) is 0 Å². The molecule has 2 rings (SSSR count). The molecule has 9 heteroatoms. The van der Waals surface area contributed by atoms with Crippen LogP contribution in [0.4, 0.5) is 0 Å². The Hall–Kier alpha value is -1.80. The molecular weight excluding hydrogens is 346 g/mol. The molecular formula is C14H16ClNO6S. The van der Waals surface area contributed by atoms with E-state index in [-0.39, 0.29) is 18.1 Å². The fraction of sp³-hybridized carbons (Fsp3) is 0.429. The number of carbonyl (C=O) groups excluding carboxylic acids is 2. The molecule has 7 nitrogen and oxygen atoms in total. The number of rotatable bonds is 6.